The van der Waals surface area contributed by atoms with Crippen molar-refractivity contribution in [2.45, 2.75) is 394 Å². The molecule has 0 aromatic carbocycles. The minimum Gasteiger partial charge on any atom is -0.0651 e. The van der Waals surface area contributed by atoms with E-state index in [9.17, 15) is 0 Å². The highest BCUT2D eigenvalue weighted by Gasteiger charge is 2.49. The summed E-state index contributed by atoms with van der Waals surface area (Å²) in [5.41, 5.74) is 4.86. The molecule has 7 saturated carbocycles. The fourth-order valence-electron chi connectivity index (χ4n) is 9.93. The van der Waals surface area contributed by atoms with E-state index in [1.54, 1.807) is 19.3 Å². The highest BCUT2D eigenvalue weighted by atomic mass is 14.5. The first-order valence-corrected chi connectivity index (χ1v) is 36.9. The second-order valence-electron chi connectivity index (χ2n) is 39.4. The maximum atomic E-state index is 2.44. The zero-order valence-electron chi connectivity index (χ0n) is 67.1. The fourth-order valence-corrected chi connectivity index (χ4v) is 9.93. The molecule has 0 heterocycles. The summed E-state index contributed by atoms with van der Waals surface area (Å²) in [6, 6.07) is 0. The summed E-state index contributed by atoms with van der Waals surface area (Å²) in [6.07, 6.45) is 23.4. The molecule has 7 rings (SSSR count). The Kier molecular flexibility index (Phi) is 41.6. The van der Waals surface area contributed by atoms with Gasteiger partial charge in [-0.1, -0.05) is 316 Å². The molecule has 0 nitrogen and oxygen atoms in total. The van der Waals surface area contributed by atoms with Crippen molar-refractivity contribution in [1.82, 2.24) is 0 Å². The van der Waals surface area contributed by atoms with Crippen LogP contribution in [0.3, 0.4) is 0 Å². The van der Waals surface area contributed by atoms with Crippen molar-refractivity contribution >= 4 is 0 Å². The molecule has 0 spiro atoms. The predicted molar refractivity (Wildman–Crippen MR) is 390 cm³/mol. The molecule has 0 saturated heterocycles. The zero-order valence-corrected chi connectivity index (χ0v) is 67.1. The molecule has 0 aliphatic heterocycles. The molecule has 0 aromatic heterocycles. The lowest BCUT2D eigenvalue weighted by molar-refractivity contribution is 0.111. The Balaban J connectivity index is -0.000000414. The Morgan fingerprint density at radius 1 is 0.422 bits per heavy atom. The zero-order chi connectivity index (χ0) is 67.1. The SMILES string of the molecule is CC(C)(C)C(C)(C)C.CC(C)(C)C(C)(C)C.CC(C)C(C)C(C)C.CC1(C2CC2)CC1.CC1CC(C)(C)C1.CC1CC(C)C1C.CCC(C)(C)C(C)C.CCC(C)C(C)(C)C.CCC1CC(C)C1.CC[C@@H](C)C(C)(C)C.C[C@H]1CC1C1CC1. The average molecular weight is 1170 g/mol. The monoisotopic (exact) mass is 1170 g/mol. The quantitative estimate of drug-likeness (QED) is 0.216. The molecule has 0 amide bonds. The van der Waals surface area contributed by atoms with Gasteiger partial charge in [-0.25, -0.2) is 0 Å². The van der Waals surface area contributed by atoms with E-state index in [1.165, 1.54) is 95.3 Å². The van der Waals surface area contributed by atoms with E-state index in [4.69, 9.17) is 0 Å². The van der Waals surface area contributed by atoms with Crippen molar-refractivity contribution in [1.29, 1.82) is 0 Å². The predicted octanol–water partition coefficient (Wildman–Crippen LogP) is 29.8. The highest BCUT2D eigenvalue weighted by molar-refractivity contribution is 5.00. The van der Waals surface area contributed by atoms with Crippen LogP contribution in [0.15, 0.2) is 0 Å². The molecule has 0 radical (unpaired) electrons. The molecule has 506 valence electrons. The third kappa shape index (κ3) is 43.4. The van der Waals surface area contributed by atoms with Gasteiger partial charge in [-0.05, 0) is 220 Å². The summed E-state index contributed by atoms with van der Waals surface area (Å²) >= 11 is 0. The summed E-state index contributed by atoms with van der Waals surface area (Å²) in [4.78, 5) is 0. The molecule has 4 unspecified atom stereocenters. The van der Waals surface area contributed by atoms with E-state index in [2.05, 4.69) is 291 Å². The lowest BCUT2D eigenvalue weighted by atomic mass is 9.65. The minimum atomic E-state index is 0.437. The first-order chi connectivity index (χ1) is 36.9. The normalized spacial score (nSPS) is 25.6. The van der Waals surface area contributed by atoms with Crippen LogP contribution in [-0.4, -0.2) is 0 Å². The van der Waals surface area contributed by atoms with Crippen LogP contribution < -0.4 is 0 Å². The molecule has 7 aliphatic rings. The van der Waals surface area contributed by atoms with Crippen molar-refractivity contribution < 1.29 is 0 Å². The fraction of sp³-hybridized carbons (Fsp3) is 1.00. The summed E-state index contributed by atoms with van der Waals surface area (Å²) in [5.74, 6) is 15.9. The van der Waals surface area contributed by atoms with E-state index in [0.717, 1.165) is 88.3 Å². The van der Waals surface area contributed by atoms with E-state index in [1.807, 2.05) is 0 Å². The smallest absolute Gasteiger partial charge is 0.0297 e. The minimum absolute atomic E-state index is 0.437. The largest absolute Gasteiger partial charge is 0.0651 e. The number of hydrogen-bond acceptors (Lipinski definition) is 0. The van der Waals surface area contributed by atoms with Crippen molar-refractivity contribution in [2.75, 3.05) is 0 Å². The van der Waals surface area contributed by atoms with Crippen LogP contribution in [-0.2, 0) is 0 Å². The standard InChI is InChI=1S/6C8H18.2C7H12.3C7H14/c2*1-7(2,3)8(4,5)6;2*1-6-7(2)8(3,4)5;1-6-8(4,5)7(2)3;1-6(2)8(5)7(3)4;1-7(4-5-7)6-2-3-6;1-5-4-7(5)6-2-3-6;1-6-4-7(2,3)5-6;1-5-4-6(2)7(5)3;1-3-7-4-6(2)5-7/h2*1-6H3;3*7H,6H2,1-5H3;6-8H,1-5H3;6H,2-5H2,1H3;5-7H,2-4H2,1H3;6H,4-5H2,1-3H3;5-7H,4H2,1-3H3;6-7H,3-5H2,1-2H3/t;;7-;;;;;5-,7?;;;/m..1....0.../s1. The molecule has 0 heteroatoms. The topological polar surface area (TPSA) is 0 Å². The number of hydrogen-bond donors (Lipinski definition) is 0. The van der Waals surface area contributed by atoms with Gasteiger partial charge in [0.2, 0.25) is 0 Å². The van der Waals surface area contributed by atoms with E-state index < -0.39 is 0 Å². The first kappa shape index (κ1) is 89.4. The van der Waals surface area contributed by atoms with Gasteiger partial charge in [-0.3, -0.25) is 0 Å². The maximum Gasteiger partial charge on any atom is -0.0297 e. The van der Waals surface area contributed by atoms with Crippen molar-refractivity contribution in [3.8, 4) is 0 Å². The number of rotatable bonds is 9. The van der Waals surface area contributed by atoms with Crippen LogP contribution in [0.2, 0.25) is 0 Å². The Morgan fingerprint density at radius 3 is 0.783 bits per heavy atom. The van der Waals surface area contributed by atoms with Crippen LogP contribution in [0.1, 0.15) is 394 Å². The Bertz CT molecular complexity index is 1440. The summed E-state index contributed by atoms with van der Waals surface area (Å²) in [5, 5.41) is 0. The van der Waals surface area contributed by atoms with Gasteiger partial charge >= 0.3 is 0 Å². The first-order valence-electron chi connectivity index (χ1n) is 36.9. The van der Waals surface area contributed by atoms with Crippen LogP contribution >= 0.6 is 0 Å². The summed E-state index contributed by atoms with van der Waals surface area (Å²) in [7, 11) is 0. The van der Waals surface area contributed by atoms with Crippen LogP contribution in [0.4, 0.5) is 0 Å². The summed E-state index contributed by atoms with van der Waals surface area (Å²) < 4.78 is 0. The lowest BCUT2D eigenvalue weighted by Crippen LogP contribution is -2.29. The van der Waals surface area contributed by atoms with Gasteiger partial charge in [0.15, 0.2) is 0 Å². The Labute approximate surface area is 534 Å². The molecule has 0 aromatic rings. The van der Waals surface area contributed by atoms with Gasteiger partial charge in [0.25, 0.3) is 0 Å². The van der Waals surface area contributed by atoms with Gasteiger partial charge in [-0.15, -0.1) is 0 Å². The molecule has 7 aliphatic carbocycles. The van der Waals surface area contributed by atoms with E-state index in [-0.39, 0.29) is 0 Å². The van der Waals surface area contributed by atoms with E-state index >= 15 is 0 Å². The second-order valence-corrected chi connectivity index (χ2v) is 39.4. The highest BCUT2D eigenvalue weighted by Crippen LogP contribution is 2.60. The van der Waals surface area contributed by atoms with Gasteiger partial charge in [0.1, 0.15) is 0 Å². The summed E-state index contributed by atoms with van der Waals surface area (Å²) in [6.45, 7) is 96.5. The Morgan fingerprint density at radius 2 is 0.747 bits per heavy atom. The average Bonchev–Trinajstić information content (AvgIpc) is 4.08. The van der Waals surface area contributed by atoms with Crippen molar-refractivity contribution in [3.63, 3.8) is 0 Å². The molecule has 0 bridgehead atoms. The van der Waals surface area contributed by atoms with Gasteiger partial charge < -0.3 is 0 Å². The van der Waals surface area contributed by atoms with Crippen molar-refractivity contribution in [2.24, 2.45) is 143 Å². The molecule has 6 atom stereocenters. The molecule has 83 heavy (non-hydrogen) atoms. The third-order valence-corrected chi connectivity index (χ3v) is 24.6. The Hall–Kier alpha value is 0. The van der Waals surface area contributed by atoms with Gasteiger partial charge in [-0.2, -0.15) is 0 Å². The second kappa shape index (κ2) is 38.6. The molecule has 7 fully saturated rings. The van der Waals surface area contributed by atoms with Crippen LogP contribution in [0.25, 0.3) is 0 Å². The van der Waals surface area contributed by atoms with E-state index in [0.29, 0.717) is 43.3 Å². The third-order valence-electron chi connectivity index (χ3n) is 24.6. The van der Waals surface area contributed by atoms with Crippen molar-refractivity contribution in [3.05, 3.63) is 0 Å². The lowest BCUT2D eigenvalue weighted by Gasteiger charge is -2.40. The van der Waals surface area contributed by atoms with Gasteiger partial charge in [0.05, 0.1) is 0 Å². The van der Waals surface area contributed by atoms with Crippen LogP contribution in [0, 0.1) is 143 Å². The van der Waals surface area contributed by atoms with Crippen LogP contribution in [0.5, 0.6) is 0 Å². The molecular formula is C83H174. The molecule has 0 N–H and O–H groups in total. The maximum absolute atomic E-state index is 2.44. The van der Waals surface area contributed by atoms with Gasteiger partial charge in [0, 0.05) is 0 Å². The molecular weight excluding hydrogens is 997 g/mol.